The van der Waals surface area contributed by atoms with E-state index in [-0.39, 0.29) is 53.8 Å². The van der Waals surface area contributed by atoms with Crippen LogP contribution in [0, 0.1) is 11.9 Å². The molecule has 0 aliphatic heterocycles. The number of nitrogens with zero attached hydrogens (tertiary/aromatic N) is 7. The van der Waals surface area contributed by atoms with Crippen LogP contribution in [0.1, 0.15) is 11.6 Å². The number of imidazole rings is 2. The number of aromatic nitrogens is 9. The lowest BCUT2D eigenvalue weighted by molar-refractivity contribution is 0.392. The normalized spacial score (nSPS) is 11.2. The Kier molecular flexibility index (Phi) is 6.29. The molecule has 8 N–H and O–H groups in total. The average Bonchev–Trinajstić information content (AvgIpc) is 3.54. The lowest BCUT2D eigenvalue weighted by Gasteiger charge is -2.11. The van der Waals surface area contributed by atoms with Crippen molar-refractivity contribution in [2.24, 2.45) is 5.84 Å². The number of nitrogen functional groups attached to an aromatic ring is 1. The number of halogens is 2. The number of phenols is 1. The van der Waals surface area contributed by atoms with Gasteiger partial charge in [0.25, 0.3) is 0 Å². The maximum atomic E-state index is 13.4. The molecule has 0 amide bonds. The highest BCUT2D eigenvalue weighted by molar-refractivity contribution is 5.70. The Balaban J connectivity index is 1.25. The van der Waals surface area contributed by atoms with E-state index in [1.165, 1.54) is 36.4 Å². The first-order chi connectivity index (χ1) is 19.4. The second kappa shape index (κ2) is 10.2. The molecule has 5 heterocycles. The van der Waals surface area contributed by atoms with E-state index in [2.05, 4.69) is 60.9 Å². The molecule has 6 rings (SSSR count). The molecule has 0 atom stereocenters. The second-order valence-corrected chi connectivity index (χ2v) is 8.28. The molecule has 0 saturated heterocycles. The van der Waals surface area contributed by atoms with Crippen LogP contribution in [0.2, 0.25) is 0 Å². The zero-order chi connectivity index (χ0) is 27.6. The summed E-state index contributed by atoms with van der Waals surface area (Å²) in [6.07, 6.45) is 0. The van der Waals surface area contributed by atoms with Crippen LogP contribution in [-0.4, -0.2) is 50.0 Å². The van der Waals surface area contributed by atoms with E-state index in [4.69, 9.17) is 10.6 Å². The van der Waals surface area contributed by atoms with E-state index >= 15 is 0 Å². The van der Waals surface area contributed by atoms with E-state index in [0.717, 1.165) is 0 Å². The summed E-state index contributed by atoms with van der Waals surface area (Å²) in [7, 11) is 0. The van der Waals surface area contributed by atoms with Gasteiger partial charge in [-0.05, 0) is 36.4 Å². The third-order valence-electron chi connectivity index (χ3n) is 5.49. The van der Waals surface area contributed by atoms with Crippen LogP contribution >= 0.6 is 0 Å². The third kappa shape index (κ3) is 5.29. The van der Waals surface area contributed by atoms with Gasteiger partial charge in [-0.1, -0.05) is 0 Å². The number of ether oxygens (including phenoxy) is 1. The third-order valence-corrected chi connectivity index (χ3v) is 5.49. The highest BCUT2D eigenvalue weighted by Gasteiger charge is 2.14. The molecule has 1 aromatic carbocycles. The highest BCUT2D eigenvalue weighted by atomic mass is 19.1. The summed E-state index contributed by atoms with van der Waals surface area (Å²) < 4.78 is 32.6. The van der Waals surface area contributed by atoms with Crippen molar-refractivity contribution in [1.82, 2.24) is 44.9 Å². The van der Waals surface area contributed by atoms with Gasteiger partial charge in [-0.3, -0.25) is 5.84 Å². The summed E-state index contributed by atoms with van der Waals surface area (Å²) in [5, 5.41) is 16.3. The molecule has 0 unspecified atom stereocenters. The first-order valence-corrected chi connectivity index (χ1v) is 11.7. The van der Waals surface area contributed by atoms with E-state index in [0.29, 0.717) is 28.4 Å². The van der Waals surface area contributed by atoms with Crippen LogP contribution in [0.5, 0.6) is 17.5 Å². The molecule has 6 aromatic rings. The molecule has 5 aromatic heterocycles. The smallest absolute Gasteiger partial charge is 0.328 e. The van der Waals surface area contributed by atoms with Crippen LogP contribution in [0.15, 0.2) is 42.5 Å². The lowest BCUT2D eigenvalue weighted by atomic mass is 10.3. The molecule has 15 nitrogen and oxygen atoms in total. The Morgan fingerprint density at radius 2 is 1.32 bits per heavy atom. The number of aromatic hydroxyl groups is 1. The quantitative estimate of drug-likeness (QED) is 0.0789. The van der Waals surface area contributed by atoms with Gasteiger partial charge in [0.2, 0.25) is 23.8 Å². The Hall–Kier alpha value is -5.71. The summed E-state index contributed by atoms with van der Waals surface area (Å²) in [4.78, 5) is 34.9. The van der Waals surface area contributed by atoms with Crippen molar-refractivity contribution in [1.29, 1.82) is 0 Å². The van der Waals surface area contributed by atoms with E-state index in [1.54, 1.807) is 6.07 Å². The Bertz CT molecular complexity index is 1740. The van der Waals surface area contributed by atoms with Crippen molar-refractivity contribution in [2.75, 3.05) is 16.1 Å². The Morgan fingerprint density at radius 1 is 0.750 bits per heavy atom. The van der Waals surface area contributed by atoms with Crippen LogP contribution in [0.4, 0.5) is 26.4 Å². The minimum Gasteiger partial charge on any atom is -0.504 e. The fourth-order valence-electron chi connectivity index (χ4n) is 3.68. The number of hydrogen-bond acceptors (Lipinski definition) is 13. The number of rotatable bonds is 9. The van der Waals surface area contributed by atoms with Gasteiger partial charge in [-0.25, -0.2) is 9.97 Å². The predicted octanol–water partition coefficient (Wildman–Crippen LogP) is 2.70. The van der Waals surface area contributed by atoms with Gasteiger partial charge >= 0.3 is 6.01 Å². The number of hydrazine groups is 1. The summed E-state index contributed by atoms with van der Waals surface area (Å²) in [6.45, 7) is 0.258. The maximum Gasteiger partial charge on any atom is 0.328 e. The molecular formula is C23H19F2N13O2. The van der Waals surface area contributed by atoms with Gasteiger partial charge < -0.3 is 35.9 Å². The van der Waals surface area contributed by atoms with Gasteiger partial charge in [-0.2, -0.15) is 33.7 Å². The second-order valence-electron chi connectivity index (χ2n) is 8.28. The number of hydrogen-bond donors (Lipinski definition) is 7. The largest absolute Gasteiger partial charge is 0.504 e. The first kappa shape index (κ1) is 24.6. The molecule has 0 spiro atoms. The number of fused-ring (bicyclic) bond motifs is 2. The zero-order valence-electron chi connectivity index (χ0n) is 20.3. The molecule has 17 heteroatoms. The molecule has 0 aliphatic carbocycles. The predicted molar refractivity (Wildman–Crippen MR) is 138 cm³/mol. The molecular weight excluding hydrogens is 528 g/mol. The highest BCUT2D eigenvalue weighted by Crippen LogP contribution is 2.32. The summed E-state index contributed by atoms with van der Waals surface area (Å²) in [6, 6.07) is 9.81. The minimum atomic E-state index is -0.641. The van der Waals surface area contributed by atoms with Gasteiger partial charge in [0, 0.05) is 6.07 Å². The Labute approximate surface area is 222 Å². The monoisotopic (exact) mass is 547 g/mol. The minimum absolute atomic E-state index is 0.0675. The summed E-state index contributed by atoms with van der Waals surface area (Å²) in [5.41, 5.74) is 4.46. The number of nitrogens with two attached hydrogens (primary N) is 1. The number of anilines is 3. The standard InChI is InChI=1S/C23H19F2N13O2/c24-15-5-2-11-19(31-15)33-17(29-11)8-27-21-35-22(28-9-18-30-12-3-6-16(25)32-20(12)34-18)37-23(36-21)40-14-4-1-10(38-26)7-13(14)39/h1-7,38-39H,8-9,26H2,(H,29,31,33)(H,30,32,34)(H2,27,28,35,36,37). The van der Waals surface area contributed by atoms with E-state index in [9.17, 15) is 13.9 Å². The summed E-state index contributed by atoms with van der Waals surface area (Å²) >= 11 is 0. The topological polar surface area (TPSA) is 213 Å². The number of H-pyrrole nitrogens is 2. The number of nitrogens with one attached hydrogen (secondary N) is 5. The number of pyridine rings is 2. The van der Waals surface area contributed by atoms with Gasteiger partial charge in [0.1, 0.15) is 11.6 Å². The van der Waals surface area contributed by atoms with Crippen LogP contribution in [0.3, 0.4) is 0 Å². The van der Waals surface area contributed by atoms with Crippen molar-refractivity contribution in [3.05, 3.63) is 66.0 Å². The number of aromatic amines is 2. The van der Waals surface area contributed by atoms with Crippen LogP contribution in [0.25, 0.3) is 22.3 Å². The SMILES string of the molecule is NNc1ccc(Oc2nc(NCc3nc4nc(F)ccc4[nH]3)nc(NCc3nc4nc(F)ccc4[nH]3)n2)c(O)c1. The maximum absolute atomic E-state index is 13.4. The van der Waals surface area contributed by atoms with Gasteiger partial charge in [0.05, 0.1) is 29.8 Å². The fourth-order valence-corrected chi connectivity index (χ4v) is 3.68. The fraction of sp³-hybridized carbons (Fsp3) is 0.0870. The molecule has 0 fully saturated rings. The van der Waals surface area contributed by atoms with Crippen LogP contribution < -0.4 is 26.6 Å². The van der Waals surface area contributed by atoms with Crippen molar-refractivity contribution >= 4 is 39.9 Å². The number of benzene rings is 1. The summed E-state index contributed by atoms with van der Waals surface area (Å²) in [5.74, 6) is 5.06. The van der Waals surface area contributed by atoms with Crippen molar-refractivity contribution < 1.29 is 18.6 Å². The zero-order valence-corrected chi connectivity index (χ0v) is 20.3. The van der Waals surface area contributed by atoms with Crippen molar-refractivity contribution in [3.63, 3.8) is 0 Å². The first-order valence-electron chi connectivity index (χ1n) is 11.7. The molecule has 0 saturated carbocycles. The van der Waals surface area contributed by atoms with Gasteiger partial charge in [-0.15, -0.1) is 0 Å². The van der Waals surface area contributed by atoms with Crippen molar-refractivity contribution in [3.8, 4) is 17.5 Å². The molecule has 40 heavy (non-hydrogen) atoms. The van der Waals surface area contributed by atoms with Crippen molar-refractivity contribution in [2.45, 2.75) is 13.1 Å². The lowest BCUT2D eigenvalue weighted by Crippen LogP contribution is -2.11. The molecule has 202 valence electrons. The average molecular weight is 547 g/mol. The molecule has 0 bridgehead atoms. The molecule has 0 aliphatic rings. The molecule has 0 radical (unpaired) electrons. The van der Waals surface area contributed by atoms with Gasteiger partial charge in [0.15, 0.2) is 22.8 Å². The Morgan fingerprint density at radius 3 is 1.85 bits per heavy atom. The van der Waals surface area contributed by atoms with E-state index < -0.39 is 11.9 Å². The van der Waals surface area contributed by atoms with E-state index in [1.807, 2.05) is 0 Å². The number of phenolic OH excluding ortho intramolecular Hbond substituents is 1. The van der Waals surface area contributed by atoms with Crippen LogP contribution in [-0.2, 0) is 13.1 Å².